The molecule has 3 N–H and O–H groups in total. The highest BCUT2D eigenvalue weighted by molar-refractivity contribution is 5.81. The Balaban J connectivity index is 0.000000451. The highest BCUT2D eigenvalue weighted by Crippen LogP contribution is 2.27. The molecule has 2 atom stereocenters. The summed E-state index contributed by atoms with van der Waals surface area (Å²) in [6.07, 6.45) is -0.679. The van der Waals surface area contributed by atoms with Gasteiger partial charge in [-0.05, 0) is 43.5 Å². The van der Waals surface area contributed by atoms with Crippen LogP contribution in [-0.2, 0) is 22.7 Å². The molecule has 3 rings (SSSR count). The lowest BCUT2D eigenvalue weighted by molar-refractivity contribution is -0.192. The van der Waals surface area contributed by atoms with Crippen LogP contribution in [0.2, 0.25) is 0 Å². The second-order valence-electron chi connectivity index (χ2n) is 7.74. The fourth-order valence-corrected chi connectivity index (χ4v) is 3.25. The summed E-state index contributed by atoms with van der Waals surface area (Å²) in [5, 5.41) is 20.4. The maximum absolute atomic E-state index is 13.0. The standard InChI is InChI=1S/C19H23FN2O3.C2HF3O2/c1-19(24)8-6-17(22(13-19)11-15-7-9-25-12-15)18(23)21-10-14-2-4-16(20)5-3-14;3-2(4,5)1(6)7/h2-5,7,9,12,17,24H,6,8,10-11,13H2,1H3,(H,21,23);(H,6,7)/t17-,19-;/m0./s1. The van der Waals surface area contributed by atoms with Gasteiger partial charge in [0, 0.05) is 25.2 Å². The van der Waals surface area contributed by atoms with Crippen molar-refractivity contribution in [2.75, 3.05) is 6.54 Å². The Morgan fingerprint density at radius 1 is 1.22 bits per heavy atom. The third-order valence-electron chi connectivity index (χ3n) is 4.83. The molecule has 1 fully saturated rings. The quantitative estimate of drug-likeness (QED) is 0.593. The van der Waals surface area contributed by atoms with E-state index in [-0.39, 0.29) is 17.8 Å². The van der Waals surface area contributed by atoms with Gasteiger partial charge in [-0.3, -0.25) is 9.69 Å². The summed E-state index contributed by atoms with van der Waals surface area (Å²) < 4.78 is 49.8. The number of halogens is 4. The molecule has 32 heavy (non-hydrogen) atoms. The van der Waals surface area contributed by atoms with Gasteiger partial charge >= 0.3 is 12.1 Å². The zero-order chi connectivity index (χ0) is 23.9. The van der Waals surface area contributed by atoms with E-state index in [1.165, 1.54) is 12.1 Å². The van der Waals surface area contributed by atoms with Gasteiger partial charge < -0.3 is 19.9 Å². The van der Waals surface area contributed by atoms with Crippen LogP contribution >= 0.6 is 0 Å². The molecule has 176 valence electrons. The number of nitrogens with one attached hydrogen (secondary N) is 1. The van der Waals surface area contributed by atoms with Crippen LogP contribution in [-0.4, -0.2) is 51.4 Å². The first-order chi connectivity index (χ1) is 14.9. The summed E-state index contributed by atoms with van der Waals surface area (Å²) in [4.78, 5) is 23.5. The molecule has 1 aromatic heterocycles. The highest BCUT2D eigenvalue weighted by Gasteiger charge is 2.39. The van der Waals surface area contributed by atoms with Gasteiger partial charge in [0.1, 0.15) is 5.82 Å². The number of benzene rings is 1. The third kappa shape index (κ3) is 7.97. The number of carbonyl (C=O) groups excluding carboxylic acids is 1. The van der Waals surface area contributed by atoms with Crippen LogP contribution in [0.4, 0.5) is 17.6 Å². The molecule has 0 bridgehead atoms. The zero-order valence-electron chi connectivity index (χ0n) is 17.2. The summed E-state index contributed by atoms with van der Waals surface area (Å²) in [5.74, 6) is -3.13. The number of aliphatic carboxylic acids is 1. The zero-order valence-corrected chi connectivity index (χ0v) is 17.2. The minimum Gasteiger partial charge on any atom is -0.475 e. The van der Waals surface area contributed by atoms with Gasteiger partial charge in [-0.15, -0.1) is 0 Å². The molecular formula is C21H24F4N2O5. The number of amides is 1. The molecule has 2 heterocycles. The first-order valence-electron chi connectivity index (χ1n) is 9.67. The highest BCUT2D eigenvalue weighted by atomic mass is 19.4. The second-order valence-corrected chi connectivity index (χ2v) is 7.74. The minimum absolute atomic E-state index is 0.0803. The predicted molar refractivity (Wildman–Crippen MR) is 105 cm³/mol. The van der Waals surface area contributed by atoms with E-state index < -0.39 is 17.7 Å². The molecule has 1 aromatic carbocycles. The van der Waals surface area contributed by atoms with Gasteiger partial charge in [0.25, 0.3) is 0 Å². The lowest BCUT2D eigenvalue weighted by atomic mass is 9.89. The number of nitrogens with zero attached hydrogens (tertiary/aromatic N) is 1. The van der Waals surface area contributed by atoms with E-state index in [0.717, 1.165) is 11.1 Å². The Hall–Kier alpha value is -2.92. The molecule has 0 unspecified atom stereocenters. The lowest BCUT2D eigenvalue weighted by Crippen LogP contribution is -2.56. The predicted octanol–water partition coefficient (Wildman–Crippen LogP) is 3.08. The topological polar surface area (TPSA) is 103 Å². The van der Waals surface area contributed by atoms with E-state index in [1.54, 1.807) is 31.6 Å². The van der Waals surface area contributed by atoms with Crippen molar-refractivity contribution >= 4 is 11.9 Å². The van der Waals surface area contributed by atoms with E-state index in [4.69, 9.17) is 14.3 Å². The fraction of sp³-hybridized carbons (Fsp3) is 0.429. The van der Waals surface area contributed by atoms with Crippen LogP contribution in [0.1, 0.15) is 30.9 Å². The average molecular weight is 460 g/mol. The summed E-state index contributed by atoms with van der Waals surface area (Å²) in [6.45, 7) is 3.11. The van der Waals surface area contributed by atoms with Crippen molar-refractivity contribution in [2.24, 2.45) is 0 Å². The molecule has 0 saturated carbocycles. The van der Waals surface area contributed by atoms with Crippen molar-refractivity contribution in [3.63, 3.8) is 0 Å². The molecule has 0 aliphatic carbocycles. The number of carbonyl (C=O) groups is 2. The fourth-order valence-electron chi connectivity index (χ4n) is 3.25. The van der Waals surface area contributed by atoms with E-state index in [2.05, 4.69) is 5.32 Å². The second kappa shape index (κ2) is 10.6. The van der Waals surface area contributed by atoms with Gasteiger partial charge in [0.05, 0.1) is 24.2 Å². The van der Waals surface area contributed by atoms with Gasteiger partial charge in [-0.25, -0.2) is 9.18 Å². The van der Waals surface area contributed by atoms with Crippen molar-refractivity contribution in [3.05, 3.63) is 59.8 Å². The Labute approximate surface area is 181 Å². The molecule has 1 amide bonds. The average Bonchev–Trinajstić information content (AvgIpc) is 3.19. The largest absolute Gasteiger partial charge is 0.490 e. The number of rotatable bonds is 5. The summed E-state index contributed by atoms with van der Waals surface area (Å²) in [7, 11) is 0. The van der Waals surface area contributed by atoms with Gasteiger partial charge in [0.15, 0.2) is 0 Å². The number of aliphatic hydroxyl groups is 1. The number of alkyl halides is 3. The monoisotopic (exact) mass is 460 g/mol. The Morgan fingerprint density at radius 2 is 1.84 bits per heavy atom. The van der Waals surface area contributed by atoms with Crippen LogP contribution in [0.15, 0.2) is 47.3 Å². The van der Waals surface area contributed by atoms with Crippen molar-refractivity contribution in [1.82, 2.24) is 10.2 Å². The smallest absolute Gasteiger partial charge is 0.475 e. The van der Waals surface area contributed by atoms with E-state index in [9.17, 15) is 27.5 Å². The van der Waals surface area contributed by atoms with Crippen LogP contribution in [0.3, 0.4) is 0 Å². The van der Waals surface area contributed by atoms with Crippen molar-refractivity contribution < 1.29 is 41.8 Å². The number of β-amino-alcohol motifs (C(OH)–C–C–N with tert-alkyl or cyclic N) is 1. The summed E-state index contributed by atoms with van der Waals surface area (Å²) in [6, 6.07) is 7.62. The maximum atomic E-state index is 13.0. The molecule has 11 heteroatoms. The Kier molecular flexibility index (Phi) is 8.39. The van der Waals surface area contributed by atoms with E-state index in [0.29, 0.717) is 32.5 Å². The van der Waals surface area contributed by atoms with Gasteiger partial charge in [-0.2, -0.15) is 13.2 Å². The number of carboxylic acids is 1. The Morgan fingerprint density at radius 3 is 2.38 bits per heavy atom. The lowest BCUT2D eigenvalue weighted by Gasteiger charge is -2.41. The molecule has 1 aliphatic rings. The molecule has 1 saturated heterocycles. The molecule has 0 radical (unpaired) electrons. The van der Waals surface area contributed by atoms with Gasteiger partial charge in [0.2, 0.25) is 5.91 Å². The number of likely N-dealkylation sites (tertiary alicyclic amines) is 1. The maximum Gasteiger partial charge on any atom is 0.490 e. The first-order valence-corrected chi connectivity index (χ1v) is 9.67. The first kappa shape index (κ1) is 25.3. The number of hydrogen-bond donors (Lipinski definition) is 3. The SMILES string of the molecule is C[C@]1(O)CC[C@@H](C(=O)NCc2ccc(F)cc2)N(Cc2ccoc2)C1.O=C(O)C(F)(F)F. The molecular weight excluding hydrogens is 436 g/mol. The Bertz CT molecular complexity index is 883. The van der Waals surface area contributed by atoms with Crippen molar-refractivity contribution in [3.8, 4) is 0 Å². The number of carboxylic acid groups (broad SMARTS) is 1. The number of furan rings is 1. The van der Waals surface area contributed by atoms with Crippen LogP contribution in [0.25, 0.3) is 0 Å². The van der Waals surface area contributed by atoms with Crippen LogP contribution in [0, 0.1) is 5.82 Å². The molecule has 7 nitrogen and oxygen atoms in total. The normalized spacial score (nSPS) is 21.4. The van der Waals surface area contributed by atoms with Crippen molar-refractivity contribution in [1.29, 1.82) is 0 Å². The van der Waals surface area contributed by atoms with Crippen LogP contribution in [0.5, 0.6) is 0 Å². The van der Waals surface area contributed by atoms with E-state index >= 15 is 0 Å². The molecule has 2 aromatic rings. The number of hydrogen-bond acceptors (Lipinski definition) is 5. The summed E-state index contributed by atoms with van der Waals surface area (Å²) >= 11 is 0. The van der Waals surface area contributed by atoms with Crippen molar-refractivity contribution in [2.45, 2.75) is 50.7 Å². The number of piperidine rings is 1. The summed E-state index contributed by atoms with van der Waals surface area (Å²) in [5.41, 5.74) is 1.00. The van der Waals surface area contributed by atoms with Crippen LogP contribution < -0.4 is 5.32 Å². The molecule has 1 aliphatic heterocycles. The molecule has 0 spiro atoms. The van der Waals surface area contributed by atoms with Gasteiger partial charge in [-0.1, -0.05) is 12.1 Å². The third-order valence-corrected chi connectivity index (χ3v) is 4.83. The minimum atomic E-state index is -5.08. The van der Waals surface area contributed by atoms with E-state index in [1.807, 2.05) is 11.0 Å².